The molecular weight excluding hydrogens is 240 g/mol. The molecule has 1 aromatic carbocycles. The minimum Gasteiger partial charge on any atom is -0.360 e. The molecule has 4 nitrogen and oxygen atoms in total. The first kappa shape index (κ1) is 12.9. The van der Waals surface area contributed by atoms with Gasteiger partial charge in [-0.2, -0.15) is 0 Å². The number of H-pyrrole nitrogens is 1. The van der Waals surface area contributed by atoms with Gasteiger partial charge in [0.25, 0.3) is 0 Å². The third-order valence-corrected chi connectivity index (χ3v) is 2.71. The molecule has 19 heavy (non-hydrogen) atoms. The Labute approximate surface area is 111 Å². The van der Waals surface area contributed by atoms with Crippen LogP contribution in [-0.2, 0) is 4.79 Å². The van der Waals surface area contributed by atoms with Crippen molar-refractivity contribution >= 4 is 23.1 Å². The van der Waals surface area contributed by atoms with Crippen molar-refractivity contribution in [1.82, 2.24) is 10.3 Å². The smallest absolute Gasteiger partial charge is 0.216 e. The lowest BCUT2D eigenvalue weighted by molar-refractivity contribution is -0.118. The molecule has 4 heteroatoms. The predicted molar refractivity (Wildman–Crippen MR) is 73.9 cm³/mol. The van der Waals surface area contributed by atoms with E-state index in [4.69, 9.17) is 0 Å². The Morgan fingerprint density at radius 2 is 2.32 bits per heavy atom. The Morgan fingerprint density at radius 1 is 1.47 bits per heavy atom. The minimum absolute atomic E-state index is 0.0576. The molecule has 1 aromatic heterocycles. The lowest BCUT2D eigenvalue weighted by Gasteiger charge is -1.96. The number of aromatic amines is 1. The number of amides is 1. The van der Waals surface area contributed by atoms with Gasteiger partial charge < -0.3 is 10.3 Å². The monoisotopic (exact) mass is 254 g/mol. The van der Waals surface area contributed by atoms with Gasteiger partial charge in [-0.3, -0.25) is 9.59 Å². The largest absolute Gasteiger partial charge is 0.360 e. The van der Waals surface area contributed by atoms with Crippen LogP contribution in [0.3, 0.4) is 0 Å². The molecule has 0 saturated heterocycles. The number of rotatable bonds is 3. The molecule has 0 spiro atoms. The number of fused-ring (bicyclic) bond motifs is 1. The number of hydrogen-bond acceptors (Lipinski definition) is 2. The predicted octanol–water partition coefficient (Wildman–Crippen LogP) is 1.86. The molecule has 2 rings (SSSR count). The molecule has 0 aliphatic carbocycles. The summed E-state index contributed by atoms with van der Waals surface area (Å²) in [5, 5.41) is 3.53. The molecule has 0 radical (unpaired) electrons. The van der Waals surface area contributed by atoms with Gasteiger partial charge in [0.05, 0.1) is 0 Å². The molecule has 0 aliphatic rings. The Hall–Kier alpha value is -2.54. The Morgan fingerprint density at radius 3 is 3.05 bits per heavy atom. The molecule has 2 aromatic rings. The van der Waals surface area contributed by atoms with Gasteiger partial charge in [-0.05, 0) is 12.1 Å². The van der Waals surface area contributed by atoms with Crippen LogP contribution in [0.1, 0.15) is 29.3 Å². The van der Waals surface area contributed by atoms with E-state index in [1.807, 2.05) is 18.2 Å². The van der Waals surface area contributed by atoms with Crippen molar-refractivity contribution in [3.05, 3.63) is 35.5 Å². The van der Waals surface area contributed by atoms with E-state index in [-0.39, 0.29) is 5.91 Å². The van der Waals surface area contributed by atoms with Gasteiger partial charge in [-0.1, -0.05) is 17.9 Å². The summed E-state index contributed by atoms with van der Waals surface area (Å²) >= 11 is 0. The molecule has 96 valence electrons. The summed E-state index contributed by atoms with van der Waals surface area (Å²) in [6.45, 7) is 2.01. The van der Waals surface area contributed by atoms with Crippen molar-refractivity contribution in [1.29, 1.82) is 0 Å². The fourth-order valence-electron chi connectivity index (χ4n) is 1.87. The van der Waals surface area contributed by atoms with Gasteiger partial charge in [-0.15, -0.1) is 0 Å². The van der Waals surface area contributed by atoms with Gasteiger partial charge in [0, 0.05) is 48.1 Å². The van der Waals surface area contributed by atoms with Crippen LogP contribution in [0.15, 0.2) is 24.4 Å². The number of aldehydes is 1. The molecule has 0 aliphatic heterocycles. The van der Waals surface area contributed by atoms with Gasteiger partial charge in [0.1, 0.15) is 0 Å². The van der Waals surface area contributed by atoms with E-state index in [2.05, 4.69) is 22.1 Å². The van der Waals surface area contributed by atoms with Crippen molar-refractivity contribution in [2.24, 2.45) is 0 Å². The van der Waals surface area contributed by atoms with Crippen LogP contribution in [0, 0.1) is 11.8 Å². The van der Waals surface area contributed by atoms with E-state index in [9.17, 15) is 9.59 Å². The summed E-state index contributed by atoms with van der Waals surface area (Å²) in [4.78, 5) is 24.7. The molecule has 0 bridgehead atoms. The summed E-state index contributed by atoms with van der Waals surface area (Å²) in [6, 6.07) is 5.69. The van der Waals surface area contributed by atoms with Crippen molar-refractivity contribution in [2.45, 2.75) is 13.3 Å². The van der Waals surface area contributed by atoms with Gasteiger partial charge in [0.2, 0.25) is 5.91 Å². The van der Waals surface area contributed by atoms with Crippen molar-refractivity contribution < 1.29 is 9.59 Å². The van der Waals surface area contributed by atoms with Crippen LogP contribution in [0.4, 0.5) is 0 Å². The minimum atomic E-state index is -0.0576. The van der Waals surface area contributed by atoms with Crippen LogP contribution in [0.2, 0.25) is 0 Å². The molecule has 0 atom stereocenters. The van der Waals surface area contributed by atoms with E-state index in [1.54, 1.807) is 6.20 Å². The highest BCUT2D eigenvalue weighted by Gasteiger charge is 2.05. The first-order chi connectivity index (χ1) is 9.22. The standard InChI is InChI=1S/C15H14N2O2/c1-11(19)16-8-3-2-5-12-6-4-7-14-15(12)13(10-18)9-17-14/h4,6-7,9-10,17H,3,8H2,1H3,(H,16,19). The fourth-order valence-corrected chi connectivity index (χ4v) is 1.87. The number of carbonyl (C=O) groups excluding carboxylic acids is 2. The van der Waals surface area contributed by atoms with E-state index in [0.29, 0.717) is 18.5 Å². The first-order valence-electron chi connectivity index (χ1n) is 6.01. The third kappa shape index (κ3) is 3.02. The maximum atomic E-state index is 11.0. The number of benzene rings is 1. The van der Waals surface area contributed by atoms with Crippen LogP contribution in [0.5, 0.6) is 0 Å². The second kappa shape index (κ2) is 5.87. The second-order valence-corrected chi connectivity index (χ2v) is 4.12. The number of carbonyl (C=O) groups is 2. The maximum absolute atomic E-state index is 11.0. The normalized spacial score (nSPS) is 9.74. The maximum Gasteiger partial charge on any atom is 0.216 e. The van der Waals surface area contributed by atoms with Crippen LogP contribution in [0.25, 0.3) is 10.9 Å². The van der Waals surface area contributed by atoms with E-state index in [1.165, 1.54) is 6.92 Å². The molecule has 1 heterocycles. The molecule has 0 unspecified atom stereocenters. The van der Waals surface area contributed by atoms with Crippen LogP contribution in [-0.4, -0.2) is 23.7 Å². The van der Waals surface area contributed by atoms with Crippen LogP contribution < -0.4 is 5.32 Å². The van der Waals surface area contributed by atoms with E-state index >= 15 is 0 Å². The van der Waals surface area contributed by atoms with Crippen LogP contribution >= 0.6 is 0 Å². The topological polar surface area (TPSA) is 62.0 Å². The molecular formula is C15H14N2O2. The Kier molecular flexibility index (Phi) is 3.99. The summed E-state index contributed by atoms with van der Waals surface area (Å²) in [6.07, 6.45) is 3.08. The zero-order valence-electron chi connectivity index (χ0n) is 10.6. The summed E-state index contributed by atoms with van der Waals surface area (Å²) in [7, 11) is 0. The average Bonchev–Trinajstić information content (AvgIpc) is 2.82. The Bertz CT molecular complexity index is 674. The lowest BCUT2D eigenvalue weighted by atomic mass is 10.1. The van der Waals surface area contributed by atoms with Crippen molar-refractivity contribution in [3.8, 4) is 11.8 Å². The zero-order valence-corrected chi connectivity index (χ0v) is 10.6. The number of nitrogens with one attached hydrogen (secondary N) is 2. The zero-order chi connectivity index (χ0) is 13.7. The highest BCUT2D eigenvalue weighted by molar-refractivity contribution is 6.00. The van der Waals surface area contributed by atoms with Gasteiger partial charge >= 0.3 is 0 Å². The number of hydrogen-bond donors (Lipinski definition) is 2. The SMILES string of the molecule is CC(=O)NCCC#Cc1cccc2[nH]cc(C=O)c12. The molecule has 2 N–H and O–H groups in total. The molecule has 1 amide bonds. The van der Waals surface area contributed by atoms with E-state index < -0.39 is 0 Å². The molecule has 0 fully saturated rings. The molecule has 0 saturated carbocycles. The highest BCUT2D eigenvalue weighted by atomic mass is 16.1. The highest BCUT2D eigenvalue weighted by Crippen LogP contribution is 2.20. The summed E-state index contributed by atoms with van der Waals surface area (Å²) < 4.78 is 0. The second-order valence-electron chi connectivity index (χ2n) is 4.12. The number of aromatic nitrogens is 1. The van der Waals surface area contributed by atoms with E-state index in [0.717, 1.165) is 22.8 Å². The van der Waals surface area contributed by atoms with Crippen molar-refractivity contribution in [3.63, 3.8) is 0 Å². The van der Waals surface area contributed by atoms with Gasteiger partial charge in [0.15, 0.2) is 6.29 Å². The Balaban J connectivity index is 2.21. The van der Waals surface area contributed by atoms with Crippen molar-refractivity contribution in [2.75, 3.05) is 6.54 Å². The average molecular weight is 254 g/mol. The lowest BCUT2D eigenvalue weighted by Crippen LogP contribution is -2.20. The third-order valence-electron chi connectivity index (χ3n) is 2.71. The summed E-state index contributed by atoms with van der Waals surface area (Å²) in [5.74, 6) is 5.98. The fraction of sp³-hybridized carbons (Fsp3) is 0.200. The first-order valence-corrected chi connectivity index (χ1v) is 6.01. The van der Waals surface area contributed by atoms with Gasteiger partial charge in [-0.25, -0.2) is 0 Å². The summed E-state index contributed by atoms with van der Waals surface area (Å²) in [5.41, 5.74) is 2.33. The quantitative estimate of drug-likeness (QED) is 0.499.